The van der Waals surface area contributed by atoms with Crippen LogP contribution in [0.3, 0.4) is 0 Å². The zero-order valence-corrected chi connectivity index (χ0v) is 29.0. The van der Waals surface area contributed by atoms with Gasteiger partial charge in [-0.2, -0.15) is 0 Å². The molecule has 0 spiro atoms. The molecule has 0 saturated heterocycles. The second-order valence-electron chi connectivity index (χ2n) is 12.6. The van der Waals surface area contributed by atoms with E-state index in [4.69, 9.17) is 18.9 Å². The van der Waals surface area contributed by atoms with Gasteiger partial charge in [0.1, 0.15) is 24.7 Å². The highest BCUT2D eigenvalue weighted by molar-refractivity contribution is 5.87. The van der Waals surface area contributed by atoms with Crippen molar-refractivity contribution in [3.05, 3.63) is 119 Å². The van der Waals surface area contributed by atoms with E-state index in [0.717, 1.165) is 16.7 Å². The van der Waals surface area contributed by atoms with Gasteiger partial charge >= 0.3 is 24.1 Å². The van der Waals surface area contributed by atoms with Gasteiger partial charge in [-0.25, -0.2) is 19.2 Å². The molecule has 1 aliphatic carbocycles. The summed E-state index contributed by atoms with van der Waals surface area (Å²) in [5.74, 6) is 0.232. The Labute approximate surface area is 293 Å². The third kappa shape index (κ3) is 10.3. The Hall–Kier alpha value is -5.38. The molecular weight excluding hydrogens is 636 g/mol. The molecule has 1 aliphatic rings. The van der Waals surface area contributed by atoms with Gasteiger partial charge < -0.3 is 29.6 Å². The van der Waals surface area contributed by atoms with Gasteiger partial charge in [-0.15, -0.1) is 0 Å². The Bertz CT molecular complexity index is 1570. The van der Waals surface area contributed by atoms with Crippen molar-refractivity contribution in [1.82, 2.24) is 10.6 Å². The second kappa shape index (κ2) is 17.9. The molecule has 50 heavy (non-hydrogen) atoms. The molecule has 0 heterocycles. The van der Waals surface area contributed by atoms with Crippen LogP contribution in [-0.4, -0.2) is 50.4 Å². The lowest BCUT2D eigenvalue weighted by Crippen LogP contribution is -2.31. The SMILES string of the molecule is C=C(C)C(=O)OCCNC(=O)Oc1ccc(C(C)(c2ccc(OC(=O)NCCOC(=O)C(=C)C)cc2)c2ccc(C3CCCCC3)cc2)cc1. The first kappa shape index (κ1) is 37.4. The summed E-state index contributed by atoms with van der Waals surface area (Å²) < 4.78 is 20.9. The van der Waals surface area contributed by atoms with Crippen molar-refractivity contribution in [2.45, 2.75) is 64.2 Å². The van der Waals surface area contributed by atoms with Gasteiger partial charge in [0, 0.05) is 16.6 Å². The monoisotopic (exact) mass is 682 g/mol. The van der Waals surface area contributed by atoms with E-state index in [-0.39, 0.29) is 37.4 Å². The number of hydrogen-bond donors (Lipinski definition) is 2. The first-order valence-electron chi connectivity index (χ1n) is 16.9. The molecule has 2 amide bonds. The van der Waals surface area contributed by atoms with Crippen molar-refractivity contribution in [2.75, 3.05) is 26.3 Å². The number of esters is 2. The molecule has 0 unspecified atom stereocenters. The molecule has 0 aromatic heterocycles. The highest BCUT2D eigenvalue weighted by Crippen LogP contribution is 2.41. The zero-order valence-electron chi connectivity index (χ0n) is 29.0. The fourth-order valence-electron chi connectivity index (χ4n) is 5.86. The number of nitrogens with one attached hydrogen (secondary N) is 2. The minimum absolute atomic E-state index is 0.000901. The van der Waals surface area contributed by atoms with Crippen LogP contribution in [0.2, 0.25) is 0 Å². The number of benzene rings is 3. The fraction of sp³-hybridized carbons (Fsp3) is 0.350. The van der Waals surface area contributed by atoms with Crippen LogP contribution in [0.25, 0.3) is 0 Å². The second-order valence-corrected chi connectivity index (χ2v) is 12.6. The van der Waals surface area contributed by atoms with Gasteiger partial charge in [0.05, 0.1) is 13.1 Å². The summed E-state index contributed by atoms with van der Waals surface area (Å²) in [6.07, 6.45) is 4.89. The van der Waals surface area contributed by atoms with Crippen LogP contribution < -0.4 is 20.1 Å². The first-order chi connectivity index (χ1) is 24.0. The lowest BCUT2D eigenvalue weighted by atomic mass is 9.70. The van der Waals surface area contributed by atoms with Gasteiger partial charge in [0.2, 0.25) is 0 Å². The predicted molar refractivity (Wildman–Crippen MR) is 190 cm³/mol. The van der Waals surface area contributed by atoms with Crippen molar-refractivity contribution in [1.29, 1.82) is 0 Å². The number of hydrogen-bond acceptors (Lipinski definition) is 8. The lowest BCUT2D eigenvalue weighted by Gasteiger charge is -2.33. The van der Waals surface area contributed by atoms with Gasteiger partial charge in [-0.1, -0.05) is 81.0 Å². The Kier molecular flexibility index (Phi) is 13.4. The maximum absolute atomic E-state index is 12.4. The summed E-state index contributed by atoms with van der Waals surface area (Å²) in [7, 11) is 0. The maximum atomic E-state index is 12.4. The van der Waals surface area contributed by atoms with Crippen LogP contribution in [0.1, 0.15) is 81.0 Å². The smallest absolute Gasteiger partial charge is 0.412 e. The van der Waals surface area contributed by atoms with Crippen molar-refractivity contribution in [2.24, 2.45) is 0 Å². The number of carbonyl (C=O) groups is 4. The van der Waals surface area contributed by atoms with E-state index in [0.29, 0.717) is 17.4 Å². The molecule has 0 radical (unpaired) electrons. The molecule has 3 aromatic rings. The molecule has 0 aliphatic heterocycles. The van der Waals surface area contributed by atoms with Crippen LogP contribution in [0.4, 0.5) is 9.59 Å². The molecule has 2 N–H and O–H groups in total. The van der Waals surface area contributed by atoms with E-state index in [1.165, 1.54) is 37.7 Å². The van der Waals surface area contributed by atoms with Crippen molar-refractivity contribution in [3.63, 3.8) is 0 Å². The Balaban J connectivity index is 1.48. The minimum atomic E-state index is -0.669. The van der Waals surface area contributed by atoms with E-state index >= 15 is 0 Å². The largest absolute Gasteiger partial charge is 0.460 e. The van der Waals surface area contributed by atoms with Gasteiger partial charge in [-0.05, 0) is 86.1 Å². The number of rotatable bonds is 14. The summed E-state index contributed by atoms with van der Waals surface area (Å²) in [4.78, 5) is 47.8. The third-order valence-electron chi connectivity index (χ3n) is 8.76. The quantitative estimate of drug-likeness (QED) is 0.0774. The predicted octanol–water partition coefficient (Wildman–Crippen LogP) is 7.50. The van der Waals surface area contributed by atoms with Crippen LogP contribution in [-0.2, 0) is 24.5 Å². The molecule has 264 valence electrons. The van der Waals surface area contributed by atoms with Crippen LogP contribution in [0.15, 0.2) is 97.1 Å². The van der Waals surface area contributed by atoms with Crippen molar-refractivity contribution < 1.29 is 38.1 Å². The Morgan fingerprint density at radius 2 is 1.02 bits per heavy atom. The van der Waals surface area contributed by atoms with Crippen molar-refractivity contribution >= 4 is 24.1 Å². The van der Waals surface area contributed by atoms with Crippen LogP contribution >= 0.6 is 0 Å². The highest BCUT2D eigenvalue weighted by Gasteiger charge is 2.32. The summed E-state index contributed by atoms with van der Waals surface area (Å²) in [6.45, 7) is 12.5. The Morgan fingerprint density at radius 1 is 0.640 bits per heavy atom. The topological polar surface area (TPSA) is 129 Å². The van der Waals surface area contributed by atoms with Crippen LogP contribution in [0, 0.1) is 0 Å². The fourth-order valence-corrected chi connectivity index (χ4v) is 5.86. The maximum Gasteiger partial charge on any atom is 0.412 e. The molecular formula is C40H46N2O8. The molecule has 1 saturated carbocycles. The van der Waals surface area contributed by atoms with E-state index in [2.05, 4.69) is 55.0 Å². The van der Waals surface area contributed by atoms with Crippen LogP contribution in [0.5, 0.6) is 11.5 Å². The van der Waals surface area contributed by atoms with Crippen molar-refractivity contribution in [3.8, 4) is 11.5 Å². The minimum Gasteiger partial charge on any atom is -0.460 e. The summed E-state index contributed by atoms with van der Waals surface area (Å²) in [5.41, 5.74) is 4.28. The average molecular weight is 683 g/mol. The van der Waals surface area contributed by atoms with E-state index in [1.54, 1.807) is 38.1 Å². The van der Waals surface area contributed by atoms with E-state index in [9.17, 15) is 19.2 Å². The normalized spacial score (nSPS) is 13.0. The lowest BCUT2D eigenvalue weighted by molar-refractivity contribution is -0.139. The van der Waals surface area contributed by atoms with E-state index < -0.39 is 29.5 Å². The molecule has 10 nitrogen and oxygen atoms in total. The van der Waals surface area contributed by atoms with Gasteiger partial charge in [-0.3, -0.25) is 0 Å². The van der Waals surface area contributed by atoms with E-state index in [1.807, 2.05) is 24.3 Å². The van der Waals surface area contributed by atoms with Gasteiger partial charge in [0.15, 0.2) is 0 Å². The molecule has 1 fully saturated rings. The Morgan fingerprint density at radius 3 is 1.40 bits per heavy atom. The zero-order chi connectivity index (χ0) is 36.1. The standard InChI is InChI=1S/C40H46N2O8/c1-27(2)36(43)47-25-23-41-38(45)49-34-19-15-32(16-20-34)40(5,31-13-11-30(12-14-31)29-9-7-6-8-10-29)33-17-21-35(22-18-33)50-39(46)42-24-26-48-37(44)28(3)4/h11-22,29H,1,3,6-10,23-26H2,2,4-5H3,(H,41,45)(H,42,46). The first-order valence-corrected chi connectivity index (χ1v) is 16.9. The molecule has 3 aromatic carbocycles. The van der Waals surface area contributed by atoms with Gasteiger partial charge in [0.25, 0.3) is 0 Å². The molecule has 0 atom stereocenters. The molecule has 0 bridgehead atoms. The average Bonchev–Trinajstić information content (AvgIpc) is 3.12. The summed E-state index contributed by atoms with van der Waals surface area (Å²) in [5, 5.41) is 5.13. The number of amides is 2. The number of ether oxygens (including phenoxy) is 4. The molecule has 10 heteroatoms. The third-order valence-corrected chi connectivity index (χ3v) is 8.76. The summed E-state index contributed by atoms with van der Waals surface area (Å²) >= 11 is 0. The highest BCUT2D eigenvalue weighted by atomic mass is 16.6. The summed E-state index contributed by atoms with van der Waals surface area (Å²) in [6, 6.07) is 23.5. The molecule has 4 rings (SSSR count). The number of carbonyl (C=O) groups excluding carboxylic acids is 4.